The van der Waals surface area contributed by atoms with Gasteiger partial charge < -0.3 is 15.5 Å². The summed E-state index contributed by atoms with van der Waals surface area (Å²) < 4.78 is 13.8. The third kappa shape index (κ3) is 3.78. The van der Waals surface area contributed by atoms with Crippen LogP contribution in [0.15, 0.2) is 22.7 Å². The van der Waals surface area contributed by atoms with E-state index in [1.165, 1.54) is 18.2 Å². The van der Waals surface area contributed by atoms with Gasteiger partial charge >= 0.3 is 0 Å². The maximum atomic E-state index is 13.3. The van der Waals surface area contributed by atoms with E-state index in [0.29, 0.717) is 10.5 Å². The summed E-state index contributed by atoms with van der Waals surface area (Å²) >= 11 is 3.24. The summed E-state index contributed by atoms with van der Waals surface area (Å²) in [7, 11) is 0. The monoisotopic (exact) mass is 397 g/mol. The molecule has 3 rings (SSSR count). The predicted molar refractivity (Wildman–Crippen MR) is 92.2 cm³/mol. The summed E-state index contributed by atoms with van der Waals surface area (Å²) in [5.41, 5.74) is 0.237. The number of nitrogens with one attached hydrogen (secondary N) is 2. The van der Waals surface area contributed by atoms with E-state index in [1.54, 1.807) is 0 Å². The molecule has 2 amide bonds. The van der Waals surface area contributed by atoms with E-state index in [9.17, 15) is 14.0 Å². The van der Waals surface area contributed by atoms with Crippen LogP contribution >= 0.6 is 15.9 Å². The maximum Gasteiger partial charge on any atom is 0.252 e. The smallest absolute Gasteiger partial charge is 0.252 e. The van der Waals surface area contributed by atoms with Crippen molar-refractivity contribution < 1.29 is 14.0 Å². The average molecular weight is 398 g/mol. The Kier molecular flexibility index (Phi) is 5.50. The minimum absolute atomic E-state index is 0.0878. The standard InChI is InChI=1S/C17H21BrFN3O2/c18-15-4-1-11(19)9-14(15)17(24)21-8-6-16(23)22-12-2-3-13(22)10-20-7-5-12/h1,4,9,12-13,20H,2-3,5-8,10H2,(H,21,24). The highest BCUT2D eigenvalue weighted by Crippen LogP contribution is 2.28. The number of benzene rings is 1. The predicted octanol–water partition coefficient (Wildman–Crippen LogP) is 2.06. The van der Waals surface area contributed by atoms with E-state index >= 15 is 0 Å². The molecular formula is C17H21BrFN3O2. The van der Waals surface area contributed by atoms with Gasteiger partial charge in [0.25, 0.3) is 5.91 Å². The van der Waals surface area contributed by atoms with Crippen LogP contribution in [0.1, 0.15) is 36.0 Å². The van der Waals surface area contributed by atoms with Crippen molar-refractivity contribution in [1.29, 1.82) is 0 Å². The molecule has 2 unspecified atom stereocenters. The zero-order chi connectivity index (χ0) is 17.1. The molecule has 2 heterocycles. The number of hydrogen-bond donors (Lipinski definition) is 2. The fourth-order valence-electron chi connectivity index (χ4n) is 3.57. The Morgan fingerprint density at radius 3 is 2.92 bits per heavy atom. The van der Waals surface area contributed by atoms with Gasteiger partial charge in [0, 0.05) is 36.1 Å². The molecule has 1 aromatic rings. The van der Waals surface area contributed by atoms with E-state index in [1.807, 2.05) is 4.90 Å². The van der Waals surface area contributed by atoms with Gasteiger partial charge in [0.15, 0.2) is 0 Å². The summed E-state index contributed by atoms with van der Waals surface area (Å²) in [5, 5.41) is 6.07. The first-order valence-electron chi connectivity index (χ1n) is 8.31. The summed E-state index contributed by atoms with van der Waals surface area (Å²) in [6, 6.07) is 4.57. The number of carbonyl (C=O) groups is 2. The highest BCUT2D eigenvalue weighted by Gasteiger charge is 2.37. The molecule has 7 heteroatoms. The summed E-state index contributed by atoms with van der Waals surface area (Å²) in [6.07, 6.45) is 3.38. The van der Waals surface area contributed by atoms with Gasteiger partial charge in [-0.3, -0.25) is 9.59 Å². The first-order chi connectivity index (χ1) is 11.6. The topological polar surface area (TPSA) is 61.4 Å². The van der Waals surface area contributed by atoms with Crippen molar-refractivity contribution in [2.45, 2.75) is 37.8 Å². The lowest BCUT2D eigenvalue weighted by atomic mass is 10.1. The van der Waals surface area contributed by atoms with Crippen molar-refractivity contribution in [1.82, 2.24) is 15.5 Å². The lowest BCUT2D eigenvalue weighted by Crippen LogP contribution is -2.43. The molecule has 0 spiro atoms. The second-order valence-corrected chi connectivity index (χ2v) is 7.16. The number of hydrogen-bond acceptors (Lipinski definition) is 3. The first kappa shape index (κ1) is 17.4. The van der Waals surface area contributed by atoms with Crippen molar-refractivity contribution in [3.8, 4) is 0 Å². The summed E-state index contributed by atoms with van der Waals surface area (Å²) in [4.78, 5) is 26.7. The Morgan fingerprint density at radius 2 is 2.08 bits per heavy atom. The average Bonchev–Trinajstić information content (AvgIpc) is 2.82. The van der Waals surface area contributed by atoms with Crippen molar-refractivity contribution in [3.05, 3.63) is 34.1 Å². The van der Waals surface area contributed by atoms with Crippen LogP contribution in [-0.4, -0.2) is 48.4 Å². The number of amides is 2. The molecule has 0 aliphatic carbocycles. The van der Waals surface area contributed by atoms with Crippen LogP contribution in [0.3, 0.4) is 0 Å². The molecule has 2 N–H and O–H groups in total. The van der Waals surface area contributed by atoms with Gasteiger partial charge in [-0.15, -0.1) is 0 Å². The summed E-state index contributed by atoms with van der Waals surface area (Å²) in [5.74, 6) is -0.757. The first-order valence-corrected chi connectivity index (χ1v) is 9.10. The fourth-order valence-corrected chi connectivity index (χ4v) is 4.00. The van der Waals surface area contributed by atoms with Gasteiger partial charge in [-0.1, -0.05) is 0 Å². The van der Waals surface area contributed by atoms with E-state index in [-0.39, 0.29) is 36.4 Å². The zero-order valence-electron chi connectivity index (χ0n) is 13.4. The molecule has 2 atom stereocenters. The van der Waals surface area contributed by atoms with Crippen molar-refractivity contribution >= 4 is 27.7 Å². The van der Waals surface area contributed by atoms with Crippen LogP contribution in [0.2, 0.25) is 0 Å². The lowest BCUT2D eigenvalue weighted by molar-refractivity contribution is -0.133. The molecule has 2 aliphatic heterocycles. The van der Waals surface area contributed by atoms with Crippen LogP contribution in [-0.2, 0) is 4.79 Å². The molecule has 24 heavy (non-hydrogen) atoms. The Bertz CT molecular complexity index is 626. The molecule has 2 saturated heterocycles. The van der Waals surface area contributed by atoms with Gasteiger partial charge in [0.05, 0.1) is 5.56 Å². The van der Waals surface area contributed by atoms with E-state index < -0.39 is 5.82 Å². The van der Waals surface area contributed by atoms with Crippen LogP contribution in [0.4, 0.5) is 4.39 Å². The number of nitrogens with zero attached hydrogens (tertiary/aromatic N) is 1. The van der Waals surface area contributed by atoms with Crippen molar-refractivity contribution in [3.63, 3.8) is 0 Å². The summed E-state index contributed by atoms with van der Waals surface area (Å²) in [6.45, 7) is 2.06. The van der Waals surface area contributed by atoms with Crippen molar-refractivity contribution in [2.75, 3.05) is 19.6 Å². The molecule has 0 saturated carbocycles. The Labute approximate surface area is 149 Å². The minimum atomic E-state index is -0.465. The lowest BCUT2D eigenvalue weighted by Gasteiger charge is -2.28. The van der Waals surface area contributed by atoms with Gasteiger partial charge in [0.2, 0.25) is 5.91 Å². The number of fused-ring (bicyclic) bond motifs is 2. The molecule has 0 radical (unpaired) electrons. The quantitative estimate of drug-likeness (QED) is 0.817. The van der Waals surface area contributed by atoms with E-state index in [2.05, 4.69) is 26.6 Å². The van der Waals surface area contributed by atoms with Gasteiger partial charge in [-0.05, 0) is 59.9 Å². The fraction of sp³-hybridized carbons (Fsp3) is 0.529. The van der Waals surface area contributed by atoms with Gasteiger partial charge in [-0.25, -0.2) is 4.39 Å². The molecule has 2 aliphatic rings. The molecule has 130 valence electrons. The van der Waals surface area contributed by atoms with E-state index in [0.717, 1.165) is 32.4 Å². The molecule has 1 aromatic carbocycles. The highest BCUT2D eigenvalue weighted by atomic mass is 79.9. The molecule has 2 bridgehead atoms. The van der Waals surface area contributed by atoms with Crippen LogP contribution in [0.25, 0.3) is 0 Å². The third-order valence-corrected chi connectivity index (χ3v) is 5.43. The third-order valence-electron chi connectivity index (χ3n) is 4.74. The Morgan fingerprint density at radius 1 is 1.29 bits per heavy atom. The molecule has 5 nitrogen and oxygen atoms in total. The second-order valence-electron chi connectivity index (χ2n) is 6.31. The zero-order valence-corrected chi connectivity index (χ0v) is 14.9. The normalized spacial score (nSPS) is 23.0. The SMILES string of the molecule is O=C(NCCC(=O)N1C2CCNCC1CC2)c1cc(F)ccc1Br. The van der Waals surface area contributed by atoms with Gasteiger partial charge in [-0.2, -0.15) is 0 Å². The number of rotatable bonds is 4. The van der Waals surface area contributed by atoms with Crippen LogP contribution in [0.5, 0.6) is 0 Å². The van der Waals surface area contributed by atoms with E-state index in [4.69, 9.17) is 0 Å². The molecule has 0 aromatic heterocycles. The van der Waals surface area contributed by atoms with Crippen LogP contribution in [0, 0.1) is 5.82 Å². The number of halogens is 2. The second kappa shape index (κ2) is 7.61. The highest BCUT2D eigenvalue weighted by molar-refractivity contribution is 9.10. The van der Waals surface area contributed by atoms with Crippen molar-refractivity contribution in [2.24, 2.45) is 0 Å². The van der Waals surface area contributed by atoms with Crippen LogP contribution < -0.4 is 10.6 Å². The number of carbonyl (C=O) groups excluding carboxylic acids is 2. The largest absolute Gasteiger partial charge is 0.351 e. The Hall–Kier alpha value is -1.47. The van der Waals surface area contributed by atoms with Gasteiger partial charge in [0.1, 0.15) is 5.82 Å². The maximum absolute atomic E-state index is 13.3. The Balaban J connectivity index is 1.53. The minimum Gasteiger partial charge on any atom is -0.351 e. The molecule has 2 fully saturated rings. The molecular weight excluding hydrogens is 377 g/mol.